The zero-order valence-corrected chi connectivity index (χ0v) is 10.4. The number of benzene rings is 1. The summed E-state index contributed by atoms with van der Waals surface area (Å²) in [6.07, 6.45) is 4.02. The molecule has 3 rings (SSSR count). The molecule has 0 radical (unpaired) electrons. The second-order valence-corrected chi connectivity index (χ2v) is 5.09. The van der Waals surface area contributed by atoms with Crippen molar-refractivity contribution in [3.63, 3.8) is 0 Å². The van der Waals surface area contributed by atoms with Crippen LogP contribution in [0.5, 0.6) is 0 Å². The summed E-state index contributed by atoms with van der Waals surface area (Å²) in [7, 11) is 0. The van der Waals surface area contributed by atoms with Crippen LogP contribution in [0, 0.1) is 17.2 Å². The van der Waals surface area contributed by atoms with E-state index in [4.69, 9.17) is 0 Å². The molecule has 0 aliphatic heterocycles. The van der Waals surface area contributed by atoms with Crippen LogP contribution in [0.15, 0.2) is 30.5 Å². The SMILES string of the molecule is CC1CC(Nc2c(C#N)cnc3ccccc23)C1. The molecule has 90 valence electrons. The first kappa shape index (κ1) is 11.0. The van der Waals surface area contributed by atoms with Crippen LogP contribution in [0.4, 0.5) is 5.69 Å². The highest BCUT2D eigenvalue weighted by molar-refractivity contribution is 5.93. The zero-order valence-electron chi connectivity index (χ0n) is 10.4. The normalized spacial score (nSPS) is 22.2. The van der Waals surface area contributed by atoms with Gasteiger partial charge in [-0.2, -0.15) is 5.26 Å². The van der Waals surface area contributed by atoms with Gasteiger partial charge in [0.05, 0.1) is 16.8 Å². The van der Waals surface area contributed by atoms with E-state index in [1.165, 1.54) is 12.8 Å². The van der Waals surface area contributed by atoms with Crippen LogP contribution in [0.3, 0.4) is 0 Å². The van der Waals surface area contributed by atoms with Gasteiger partial charge in [-0.25, -0.2) is 0 Å². The van der Waals surface area contributed by atoms with Crippen molar-refractivity contribution in [2.75, 3.05) is 5.32 Å². The molecule has 0 unspecified atom stereocenters. The highest BCUT2D eigenvalue weighted by Gasteiger charge is 2.26. The van der Waals surface area contributed by atoms with Crippen molar-refractivity contribution in [1.29, 1.82) is 5.26 Å². The molecule has 0 amide bonds. The maximum atomic E-state index is 9.20. The summed E-state index contributed by atoms with van der Waals surface area (Å²) < 4.78 is 0. The first-order valence-corrected chi connectivity index (χ1v) is 6.32. The molecule has 0 bridgehead atoms. The molecular weight excluding hydrogens is 222 g/mol. The molecule has 1 fully saturated rings. The van der Waals surface area contributed by atoms with Crippen molar-refractivity contribution in [2.24, 2.45) is 5.92 Å². The molecule has 0 spiro atoms. The zero-order chi connectivity index (χ0) is 12.5. The fourth-order valence-corrected chi connectivity index (χ4v) is 2.61. The molecule has 1 aliphatic rings. The van der Waals surface area contributed by atoms with Crippen LogP contribution in [0.25, 0.3) is 10.9 Å². The summed E-state index contributed by atoms with van der Waals surface area (Å²) >= 11 is 0. The average Bonchev–Trinajstić information content (AvgIpc) is 2.37. The molecule has 18 heavy (non-hydrogen) atoms. The summed E-state index contributed by atoms with van der Waals surface area (Å²) in [6.45, 7) is 2.26. The predicted octanol–water partition coefficient (Wildman–Crippen LogP) is 3.32. The molecule has 1 aliphatic carbocycles. The molecule has 1 heterocycles. The number of aromatic nitrogens is 1. The van der Waals surface area contributed by atoms with Crippen LogP contribution in [0.2, 0.25) is 0 Å². The Morgan fingerprint density at radius 3 is 2.83 bits per heavy atom. The second-order valence-electron chi connectivity index (χ2n) is 5.09. The number of pyridine rings is 1. The lowest BCUT2D eigenvalue weighted by Crippen LogP contribution is -2.34. The van der Waals surface area contributed by atoms with Crippen LogP contribution in [-0.2, 0) is 0 Å². The third kappa shape index (κ3) is 1.80. The fourth-order valence-electron chi connectivity index (χ4n) is 2.61. The van der Waals surface area contributed by atoms with E-state index in [0.29, 0.717) is 11.6 Å². The first-order chi connectivity index (χ1) is 8.78. The van der Waals surface area contributed by atoms with Crippen molar-refractivity contribution >= 4 is 16.6 Å². The van der Waals surface area contributed by atoms with E-state index < -0.39 is 0 Å². The van der Waals surface area contributed by atoms with E-state index in [1.54, 1.807) is 6.20 Å². The second kappa shape index (κ2) is 4.30. The molecule has 0 atom stereocenters. The number of hydrogen-bond donors (Lipinski definition) is 1. The van der Waals surface area contributed by atoms with E-state index in [-0.39, 0.29) is 0 Å². The third-order valence-electron chi connectivity index (χ3n) is 3.62. The lowest BCUT2D eigenvalue weighted by atomic mass is 9.81. The average molecular weight is 237 g/mol. The van der Waals surface area contributed by atoms with Crippen molar-refractivity contribution in [2.45, 2.75) is 25.8 Å². The van der Waals surface area contributed by atoms with E-state index in [0.717, 1.165) is 22.5 Å². The third-order valence-corrected chi connectivity index (χ3v) is 3.62. The Kier molecular flexibility index (Phi) is 2.64. The van der Waals surface area contributed by atoms with Gasteiger partial charge < -0.3 is 5.32 Å². The molecule has 2 aromatic rings. The number of rotatable bonds is 2. The first-order valence-electron chi connectivity index (χ1n) is 6.32. The lowest BCUT2D eigenvalue weighted by Gasteiger charge is -2.34. The monoisotopic (exact) mass is 237 g/mol. The van der Waals surface area contributed by atoms with Gasteiger partial charge in [0.25, 0.3) is 0 Å². The van der Waals surface area contributed by atoms with Crippen LogP contribution < -0.4 is 5.32 Å². The maximum absolute atomic E-state index is 9.20. The largest absolute Gasteiger partial charge is 0.381 e. The number of hydrogen-bond acceptors (Lipinski definition) is 3. The predicted molar refractivity (Wildman–Crippen MR) is 72.3 cm³/mol. The molecule has 1 N–H and O–H groups in total. The lowest BCUT2D eigenvalue weighted by molar-refractivity contribution is 0.309. The highest BCUT2D eigenvalue weighted by Crippen LogP contribution is 2.33. The van der Waals surface area contributed by atoms with Gasteiger partial charge in [0.1, 0.15) is 6.07 Å². The smallest absolute Gasteiger partial charge is 0.103 e. The highest BCUT2D eigenvalue weighted by atomic mass is 14.9. The summed E-state index contributed by atoms with van der Waals surface area (Å²) in [5, 5.41) is 13.8. The molecular formula is C15H15N3. The van der Waals surface area contributed by atoms with Gasteiger partial charge in [-0.15, -0.1) is 0 Å². The van der Waals surface area contributed by atoms with Gasteiger partial charge >= 0.3 is 0 Å². The molecule has 3 heteroatoms. The number of fused-ring (bicyclic) bond motifs is 1. The molecule has 1 aromatic carbocycles. The topological polar surface area (TPSA) is 48.7 Å². The van der Waals surface area contributed by atoms with Crippen LogP contribution in [0.1, 0.15) is 25.3 Å². The summed E-state index contributed by atoms with van der Waals surface area (Å²) in [5.74, 6) is 0.793. The Balaban J connectivity index is 2.04. The number of nitrogens with zero attached hydrogens (tertiary/aromatic N) is 2. The summed E-state index contributed by atoms with van der Waals surface area (Å²) in [5.41, 5.74) is 2.51. The van der Waals surface area contributed by atoms with Crippen LogP contribution in [-0.4, -0.2) is 11.0 Å². The van der Waals surface area contributed by atoms with E-state index in [9.17, 15) is 5.26 Å². The fraction of sp³-hybridized carbons (Fsp3) is 0.333. The Morgan fingerprint density at radius 1 is 1.33 bits per heavy atom. The molecule has 1 saturated carbocycles. The van der Waals surface area contributed by atoms with Gasteiger partial charge in [0.15, 0.2) is 0 Å². The van der Waals surface area contributed by atoms with E-state index in [2.05, 4.69) is 23.3 Å². The standard InChI is InChI=1S/C15H15N3/c1-10-6-12(7-10)18-15-11(8-16)9-17-14-5-3-2-4-13(14)15/h2-5,9-10,12H,6-7H2,1H3,(H,17,18). The summed E-state index contributed by atoms with van der Waals surface area (Å²) in [6, 6.07) is 10.7. The van der Waals surface area contributed by atoms with Crippen LogP contribution >= 0.6 is 0 Å². The Labute approximate surface area is 106 Å². The molecule has 3 nitrogen and oxygen atoms in total. The number of anilines is 1. The number of para-hydroxylation sites is 1. The van der Waals surface area contributed by atoms with Gasteiger partial charge in [0, 0.05) is 17.6 Å². The Hall–Kier alpha value is -2.08. The summed E-state index contributed by atoms with van der Waals surface area (Å²) in [4.78, 5) is 4.32. The van der Waals surface area contributed by atoms with Gasteiger partial charge in [0.2, 0.25) is 0 Å². The van der Waals surface area contributed by atoms with Gasteiger partial charge in [-0.1, -0.05) is 25.1 Å². The Bertz CT molecular complexity index is 621. The Morgan fingerprint density at radius 2 is 2.11 bits per heavy atom. The maximum Gasteiger partial charge on any atom is 0.103 e. The molecule has 1 aromatic heterocycles. The minimum absolute atomic E-state index is 0.498. The quantitative estimate of drug-likeness (QED) is 0.871. The molecule has 0 saturated heterocycles. The number of nitriles is 1. The van der Waals surface area contributed by atoms with Crippen molar-refractivity contribution in [3.05, 3.63) is 36.0 Å². The van der Waals surface area contributed by atoms with Gasteiger partial charge in [-0.05, 0) is 24.8 Å². The van der Waals surface area contributed by atoms with Crippen molar-refractivity contribution in [3.8, 4) is 6.07 Å². The van der Waals surface area contributed by atoms with Gasteiger partial charge in [-0.3, -0.25) is 4.98 Å². The minimum Gasteiger partial charge on any atom is -0.381 e. The number of nitrogens with one attached hydrogen (secondary N) is 1. The van der Waals surface area contributed by atoms with Crippen molar-refractivity contribution in [1.82, 2.24) is 4.98 Å². The van der Waals surface area contributed by atoms with Crippen molar-refractivity contribution < 1.29 is 0 Å². The van der Waals surface area contributed by atoms with E-state index >= 15 is 0 Å². The van der Waals surface area contributed by atoms with E-state index in [1.807, 2.05) is 24.3 Å². The minimum atomic E-state index is 0.498.